The van der Waals surface area contributed by atoms with Crippen LogP contribution in [-0.2, 0) is 23.8 Å². The number of fused-ring (bicyclic) bond motifs is 2. The monoisotopic (exact) mass is 472 g/mol. The Bertz CT molecular complexity index is 1260. The number of hydrogen-bond acceptors (Lipinski definition) is 3. The number of carbonyl (C=O) groups excluding carboxylic acids is 1. The molecule has 3 heterocycles. The van der Waals surface area contributed by atoms with Crippen molar-refractivity contribution in [2.24, 2.45) is 13.0 Å². The fourth-order valence-corrected chi connectivity index (χ4v) is 6.50. The normalized spacial score (nSPS) is 26.6. The molecule has 1 unspecified atom stereocenters. The zero-order valence-corrected chi connectivity index (χ0v) is 20.6. The molecule has 182 valence electrons. The van der Waals surface area contributed by atoms with E-state index < -0.39 is 5.41 Å². The minimum Gasteiger partial charge on any atom is -0.307 e. The summed E-state index contributed by atoms with van der Waals surface area (Å²) < 4.78 is 16.9. The zero-order valence-electron chi connectivity index (χ0n) is 20.6. The van der Waals surface area contributed by atoms with E-state index in [-0.39, 0.29) is 18.3 Å². The number of likely N-dealkylation sites (tertiary alicyclic amines) is 1. The second kappa shape index (κ2) is 8.59. The number of nitrogens with zero attached hydrogens (tertiary/aromatic N) is 4. The molecule has 6 rings (SSSR count). The van der Waals surface area contributed by atoms with Gasteiger partial charge in [-0.1, -0.05) is 37.3 Å². The third-order valence-electron chi connectivity index (χ3n) is 8.59. The summed E-state index contributed by atoms with van der Waals surface area (Å²) >= 11 is 0. The van der Waals surface area contributed by atoms with E-state index in [1.165, 1.54) is 25.7 Å². The van der Waals surface area contributed by atoms with E-state index in [0.717, 1.165) is 47.8 Å². The molecule has 3 aliphatic rings. The Morgan fingerprint density at radius 1 is 1.09 bits per heavy atom. The first-order chi connectivity index (χ1) is 16.9. The highest BCUT2D eigenvalue weighted by Crippen LogP contribution is 2.49. The molecule has 1 aromatic heterocycles. The van der Waals surface area contributed by atoms with Gasteiger partial charge in [-0.05, 0) is 67.8 Å². The molecular weight excluding hydrogens is 439 g/mol. The number of halogens is 1. The Balaban J connectivity index is 1.27. The minimum atomic E-state index is -0.508. The first-order valence-corrected chi connectivity index (χ1v) is 12.9. The highest BCUT2D eigenvalue weighted by molar-refractivity contribution is 6.08. The number of aromatic nitrogens is 2. The molecule has 35 heavy (non-hydrogen) atoms. The van der Waals surface area contributed by atoms with Gasteiger partial charge >= 0.3 is 0 Å². The Hall–Kier alpha value is -2.99. The van der Waals surface area contributed by atoms with Gasteiger partial charge in [-0.2, -0.15) is 5.10 Å². The van der Waals surface area contributed by atoms with Crippen LogP contribution in [0.25, 0.3) is 11.1 Å². The maximum Gasteiger partial charge on any atom is 0.239 e. The van der Waals surface area contributed by atoms with Crippen molar-refractivity contribution < 1.29 is 9.18 Å². The van der Waals surface area contributed by atoms with Crippen molar-refractivity contribution in [1.82, 2.24) is 14.7 Å². The van der Waals surface area contributed by atoms with Crippen LogP contribution in [0.15, 0.2) is 54.9 Å². The number of aryl methyl sites for hydroxylation is 1. The van der Waals surface area contributed by atoms with E-state index in [0.29, 0.717) is 11.6 Å². The number of para-hydroxylation sites is 1. The third-order valence-corrected chi connectivity index (χ3v) is 8.59. The van der Waals surface area contributed by atoms with Crippen molar-refractivity contribution in [2.45, 2.75) is 57.0 Å². The fourth-order valence-electron chi connectivity index (χ4n) is 6.50. The molecule has 1 amide bonds. The number of rotatable bonds is 4. The van der Waals surface area contributed by atoms with Crippen LogP contribution in [0.3, 0.4) is 0 Å². The smallest absolute Gasteiger partial charge is 0.239 e. The van der Waals surface area contributed by atoms with Gasteiger partial charge in [0.2, 0.25) is 5.91 Å². The molecule has 2 aromatic carbocycles. The van der Waals surface area contributed by atoms with Crippen molar-refractivity contribution in [2.75, 3.05) is 18.0 Å². The zero-order chi connectivity index (χ0) is 24.2. The Morgan fingerprint density at radius 3 is 2.63 bits per heavy atom. The summed E-state index contributed by atoms with van der Waals surface area (Å²) in [7, 11) is 1.85. The molecule has 2 aliphatic heterocycles. The average molecular weight is 473 g/mol. The Kier molecular flexibility index (Phi) is 5.52. The SMILES string of the molecule is CC1CCC(N2CCC3(C2)C(=O)N(Cc2ccc(-c4cnn(C)c4)cc2F)c2ccccc23)CC1. The topological polar surface area (TPSA) is 41.4 Å². The summed E-state index contributed by atoms with van der Waals surface area (Å²) in [4.78, 5) is 18.4. The second-order valence-electron chi connectivity index (χ2n) is 10.8. The van der Waals surface area contributed by atoms with Gasteiger partial charge in [-0.3, -0.25) is 14.4 Å². The first-order valence-electron chi connectivity index (χ1n) is 12.9. The molecule has 5 nitrogen and oxygen atoms in total. The summed E-state index contributed by atoms with van der Waals surface area (Å²) in [5.74, 6) is 0.648. The van der Waals surface area contributed by atoms with Gasteiger partial charge in [0.15, 0.2) is 0 Å². The van der Waals surface area contributed by atoms with Crippen LogP contribution < -0.4 is 4.90 Å². The molecule has 1 atom stereocenters. The quantitative estimate of drug-likeness (QED) is 0.518. The van der Waals surface area contributed by atoms with Crippen LogP contribution in [0.5, 0.6) is 0 Å². The lowest BCUT2D eigenvalue weighted by Gasteiger charge is -2.34. The summed E-state index contributed by atoms with van der Waals surface area (Å²) in [5, 5.41) is 4.18. The number of hydrogen-bond donors (Lipinski definition) is 0. The van der Waals surface area contributed by atoms with Gasteiger partial charge in [0.1, 0.15) is 5.82 Å². The number of anilines is 1. The van der Waals surface area contributed by atoms with Gasteiger partial charge in [-0.15, -0.1) is 0 Å². The summed E-state index contributed by atoms with van der Waals surface area (Å²) in [5.41, 5.74) is 3.75. The molecule has 2 fully saturated rings. The predicted octanol–water partition coefficient (Wildman–Crippen LogP) is 5.30. The average Bonchev–Trinajstić information content (AvgIpc) is 3.56. The van der Waals surface area contributed by atoms with Crippen molar-refractivity contribution in [1.29, 1.82) is 0 Å². The van der Waals surface area contributed by atoms with Crippen LogP contribution >= 0.6 is 0 Å². The predicted molar refractivity (Wildman–Crippen MR) is 136 cm³/mol. The van der Waals surface area contributed by atoms with Crippen LogP contribution in [0.4, 0.5) is 10.1 Å². The largest absolute Gasteiger partial charge is 0.307 e. The van der Waals surface area contributed by atoms with Crippen molar-refractivity contribution in [3.8, 4) is 11.1 Å². The lowest BCUT2D eigenvalue weighted by Crippen LogP contribution is -2.44. The lowest BCUT2D eigenvalue weighted by atomic mass is 9.80. The van der Waals surface area contributed by atoms with E-state index >= 15 is 4.39 Å². The summed E-state index contributed by atoms with van der Waals surface area (Å²) in [6, 6.07) is 14.0. The number of benzene rings is 2. The Morgan fingerprint density at radius 2 is 1.89 bits per heavy atom. The van der Waals surface area contributed by atoms with Gasteiger partial charge in [0.25, 0.3) is 0 Å². The van der Waals surface area contributed by atoms with Gasteiger partial charge in [-0.25, -0.2) is 4.39 Å². The summed E-state index contributed by atoms with van der Waals surface area (Å²) in [6.45, 7) is 4.33. The summed E-state index contributed by atoms with van der Waals surface area (Å²) in [6.07, 6.45) is 9.46. The maximum absolute atomic E-state index is 15.2. The standard InChI is InChI=1S/C29H33FN4O/c1-20-7-11-24(12-8-20)33-14-13-29(19-33)25-5-3-4-6-27(25)34(28(29)35)18-22-10-9-21(15-26(22)30)23-16-31-32(2)17-23/h3-6,9-10,15-17,20,24H,7-8,11-14,18-19H2,1-2H3. The van der Waals surface area contributed by atoms with Gasteiger partial charge < -0.3 is 4.90 Å². The lowest BCUT2D eigenvalue weighted by molar-refractivity contribution is -0.123. The van der Waals surface area contributed by atoms with Crippen LogP contribution in [-0.4, -0.2) is 39.7 Å². The fraction of sp³-hybridized carbons (Fsp3) is 0.448. The van der Waals surface area contributed by atoms with Crippen molar-refractivity contribution >= 4 is 11.6 Å². The molecule has 1 spiro atoms. The highest BCUT2D eigenvalue weighted by atomic mass is 19.1. The van der Waals surface area contributed by atoms with Crippen molar-refractivity contribution in [3.63, 3.8) is 0 Å². The van der Waals surface area contributed by atoms with E-state index in [4.69, 9.17) is 0 Å². The third kappa shape index (κ3) is 3.79. The second-order valence-corrected chi connectivity index (χ2v) is 10.8. The van der Waals surface area contributed by atoms with Crippen LogP contribution in [0.2, 0.25) is 0 Å². The molecule has 1 aliphatic carbocycles. The molecule has 0 bridgehead atoms. The van der Waals surface area contributed by atoms with Crippen molar-refractivity contribution in [3.05, 3.63) is 71.8 Å². The Labute approximate surface area is 206 Å². The molecule has 0 N–H and O–H groups in total. The molecular formula is C29H33FN4O. The molecule has 1 saturated carbocycles. The molecule has 0 radical (unpaired) electrons. The van der Waals surface area contributed by atoms with E-state index in [1.807, 2.05) is 48.5 Å². The van der Waals surface area contributed by atoms with Gasteiger partial charge in [0.05, 0.1) is 18.2 Å². The van der Waals surface area contributed by atoms with E-state index in [1.54, 1.807) is 16.9 Å². The number of amides is 1. The first kappa shape index (κ1) is 22.5. The van der Waals surface area contributed by atoms with Crippen LogP contribution in [0.1, 0.15) is 50.2 Å². The maximum atomic E-state index is 15.2. The molecule has 3 aromatic rings. The van der Waals surface area contributed by atoms with E-state index in [9.17, 15) is 4.79 Å². The van der Waals surface area contributed by atoms with Crippen LogP contribution in [0, 0.1) is 11.7 Å². The molecule has 1 saturated heterocycles. The van der Waals surface area contributed by atoms with E-state index in [2.05, 4.69) is 23.0 Å². The number of carbonyl (C=O) groups is 1. The molecule has 6 heteroatoms. The highest BCUT2D eigenvalue weighted by Gasteiger charge is 2.55. The minimum absolute atomic E-state index is 0.126. The van der Waals surface area contributed by atoms with Gasteiger partial charge in [0, 0.05) is 42.6 Å².